The fourth-order valence-corrected chi connectivity index (χ4v) is 11.0. The van der Waals surface area contributed by atoms with Gasteiger partial charge in [0.1, 0.15) is 0 Å². The summed E-state index contributed by atoms with van der Waals surface area (Å²) >= 11 is 0. The SMILES string of the molecule is CCCCCCCCCCCCN(CCCCCCCC)C(=O)CCCCCCCC1(NCCCCCCCC(=O)N(CCCCCCCCCC)CCCCCCCCCC)CCC(O)CC1. The fraction of sp³-hybridized carbons (Fsp3) is 0.968. The van der Waals surface area contributed by atoms with E-state index >= 15 is 0 Å². The highest BCUT2D eigenvalue weighted by molar-refractivity contribution is 5.76. The maximum absolute atomic E-state index is 13.4. The summed E-state index contributed by atoms with van der Waals surface area (Å²) in [6, 6.07) is 0. The molecule has 0 atom stereocenters. The summed E-state index contributed by atoms with van der Waals surface area (Å²) in [6.07, 6.45) is 60.6. The summed E-state index contributed by atoms with van der Waals surface area (Å²) in [5.74, 6) is 0.819. The molecule has 0 aromatic rings. The standard InChI is InChI=1S/C62H123N3O3/c1-5-9-13-17-21-24-25-28-38-46-58-64(55-43-35-20-16-12-8-4)60(67)47-39-31-29-33-41-51-62(52-49-59(66)50-53-62)63-54-42-34-30-32-40-48-61(68)65(56-44-36-26-22-18-14-10-6-2)57-45-37-27-23-19-15-11-7-3/h59,63,66H,5-58H2,1-4H3. The molecule has 0 aromatic carbocycles. The van der Waals surface area contributed by atoms with Gasteiger partial charge in [0.25, 0.3) is 0 Å². The van der Waals surface area contributed by atoms with E-state index in [1.54, 1.807) is 0 Å². The first-order valence-corrected chi connectivity index (χ1v) is 31.4. The van der Waals surface area contributed by atoms with Crippen LogP contribution in [-0.2, 0) is 9.59 Å². The quantitative estimate of drug-likeness (QED) is 0.0596. The van der Waals surface area contributed by atoms with Gasteiger partial charge in [0, 0.05) is 44.6 Å². The van der Waals surface area contributed by atoms with E-state index in [4.69, 9.17) is 0 Å². The van der Waals surface area contributed by atoms with Gasteiger partial charge in [-0.1, -0.05) is 252 Å². The van der Waals surface area contributed by atoms with E-state index in [1.165, 1.54) is 250 Å². The average Bonchev–Trinajstić information content (AvgIpc) is 3.34. The molecule has 6 heteroatoms. The number of amides is 2. The second kappa shape index (κ2) is 49.4. The summed E-state index contributed by atoms with van der Waals surface area (Å²) < 4.78 is 0. The van der Waals surface area contributed by atoms with Crippen molar-refractivity contribution in [2.75, 3.05) is 32.7 Å². The van der Waals surface area contributed by atoms with Crippen LogP contribution < -0.4 is 5.32 Å². The monoisotopic (exact) mass is 958 g/mol. The molecule has 0 unspecified atom stereocenters. The Labute approximate surface area is 426 Å². The maximum atomic E-state index is 13.4. The lowest BCUT2D eigenvalue weighted by molar-refractivity contribution is -0.132. The molecule has 0 spiro atoms. The van der Waals surface area contributed by atoms with Crippen molar-refractivity contribution < 1.29 is 14.7 Å². The largest absolute Gasteiger partial charge is 0.393 e. The number of aliphatic hydroxyl groups is 1. The van der Waals surface area contributed by atoms with Crippen LogP contribution in [0.3, 0.4) is 0 Å². The zero-order valence-electron chi connectivity index (χ0n) is 46.9. The number of hydrogen-bond acceptors (Lipinski definition) is 4. The van der Waals surface area contributed by atoms with Gasteiger partial charge in [0.2, 0.25) is 11.8 Å². The first-order chi connectivity index (χ1) is 33.4. The molecule has 0 saturated heterocycles. The van der Waals surface area contributed by atoms with E-state index in [0.29, 0.717) is 11.8 Å². The first kappa shape index (κ1) is 64.9. The number of nitrogens with one attached hydrogen (secondary N) is 1. The molecule has 1 rings (SSSR count). The molecule has 0 aliphatic heterocycles. The van der Waals surface area contributed by atoms with Gasteiger partial charge in [-0.25, -0.2) is 0 Å². The number of aliphatic hydroxyl groups excluding tert-OH is 1. The number of carbonyl (C=O) groups is 2. The molecular weight excluding hydrogens is 835 g/mol. The number of unbranched alkanes of at least 4 members (excludes halogenated alkanes) is 36. The van der Waals surface area contributed by atoms with Gasteiger partial charge in [0.15, 0.2) is 0 Å². The predicted octanol–water partition coefficient (Wildman–Crippen LogP) is 18.5. The van der Waals surface area contributed by atoms with Gasteiger partial charge in [-0.3, -0.25) is 9.59 Å². The Morgan fingerprint density at radius 1 is 0.382 bits per heavy atom. The second-order valence-corrected chi connectivity index (χ2v) is 22.4. The van der Waals surface area contributed by atoms with Crippen molar-refractivity contribution in [1.29, 1.82) is 0 Å². The average molecular weight is 959 g/mol. The molecule has 2 N–H and O–H groups in total. The van der Waals surface area contributed by atoms with Crippen LogP contribution in [0.2, 0.25) is 0 Å². The highest BCUT2D eigenvalue weighted by atomic mass is 16.3. The zero-order chi connectivity index (χ0) is 49.3. The van der Waals surface area contributed by atoms with E-state index in [2.05, 4.69) is 42.8 Å². The topological polar surface area (TPSA) is 72.9 Å². The second-order valence-electron chi connectivity index (χ2n) is 22.4. The zero-order valence-corrected chi connectivity index (χ0v) is 46.9. The minimum Gasteiger partial charge on any atom is -0.393 e. The van der Waals surface area contributed by atoms with Crippen LogP contribution in [0.1, 0.15) is 342 Å². The number of nitrogens with zero attached hydrogens (tertiary/aromatic N) is 2. The first-order valence-electron chi connectivity index (χ1n) is 31.4. The van der Waals surface area contributed by atoms with Crippen molar-refractivity contribution >= 4 is 11.8 Å². The Kier molecular flexibility index (Phi) is 47.2. The molecule has 0 radical (unpaired) electrons. The van der Waals surface area contributed by atoms with Gasteiger partial charge >= 0.3 is 0 Å². The number of carbonyl (C=O) groups excluding carboxylic acids is 2. The molecule has 1 saturated carbocycles. The third kappa shape index (κ3) is 39.5. The smallest absolute Gasteiger partial charge is 0.222 e. The van der Waals surface area contributed by atoms with Crippen LogP contribution in [0, 0.1) is 0 Å². The van der Waals surface area contributed by atoms with E-state index in [0.717, 1.165) is 96.9 Å². The third-order valence-corrected chi connectivity index (χ3v) is 15.9. The molecule has 0 aromatic heterocycles. The van der Waals surface area contributed by atoms with Gasteiger partial charge < -0.3 is 20.2 Å². The molecule has 2 amide bonds. The van der Waals surface area contributed by atoms with Gasteiger partial charge in [0.05, 0.1) is 6.10 Å². The van der Waals surface area contributed by atoms with E-state index in [9.17, 15) is 14.7 Å². The van der Waals surface area contributed by atoms with Crippen LogP contribution in [0.15, 0.2) is 0 Å². The van der Waals surface area contributed by atoms with Crippen LogP contribution in [0.5, 0.6) is 0 Å². The third-order valence-electron chi connectivity index (χ3n) is 15.9. The summed E-state index contributed by atoms with van der Waals surface area (Å²) in [6.45, 7) is 14.1. The maximum Gasteiger partial charge on any atom is 0.222 e. The minimum atomic E-state index is -0.132. The minimum absolute atomic E-state index is 0.132. The van der Waals surface area contributed by atoms with Crippen LogP contribution in [0.25, 0.3) is 0 Å². The molecule has 1 fully saturated rings. The molecule has 6 nitrogen and oxygen atoms in total. The molecule has 1 aliphatic carbocycles. The van der Waals surface area contributed by atoms with Crippen LogP contribution >= 0.6 is 0 Å². The lowest BCUT2D eigenvalue weighted by Gasteiger charge is -2.40. The van der Waals surface area contributed by atoms with E-state index < -0.39 is 0 Å². The summed E-state index contributed by atoms with van der Waals surface area (Å²) in [7, 11) is 0. The lowest BCUT2D eigenvalue weighted by Crippen LogP contribution is -2.49. The summed E-state index contributed by atoms with van der Waals surface area (Å²) in [4.78, 5) is 31.4. The fourth-order valence-electron chi connectivity index (χ4n) is 11.0. The molecular formula is C62H123N3O3. The highest BCUT2D eigenvalue weighted by Crippen LogP contribution is 2.33. The number of rotatable bonds is 53. The highest BCUT2D eigenvalue weighted by Gasteiger charge is 2.33. The van der Waals surface area contributed by atoms with Gasteiger partial charge in [-0.05, 0) is 83.6 Å². The van der Waals surface area contributed by atoms with Crippen LogP contribution in [0.4, 0.5) is 0 Å². The van der Waals surface area contributed by atoms with E-state index in [-0.39, 0.29) is 11.6 Å². The summed E-state index contributed by atoms with van der Waals surface area (Å²) in [5, 5.41) is 14.4. The molecule has 68 heavy (non-hydrogen) atoms. The normalized spacial score (nSPS) is 16.2. The van der Waals surface area contributed by atoms with Crippen molar-refractivity contribution in [1.82, 2.24) is 15.1 Å². The summed E-state index contributed by atoms with van der Waals surface area (Å²) in [5.41, 5.74) is 0.181. The Hall–Kier alpha value is -1.14. The van der Waals surface area contributed by atoms with Gasteiger partial charge in [-0.2, -0.15) is 0 Å². The molecule has 0 bridgehead atoms. The Morgan fingerprint density at radius 2 is 0.647 bits per heavy atom. The van der Waals surface area contributed by atoms with Crippen molar-refractivity contribution in [2.45, 2.75) is 354 Å². The predicted molar refractivity (Wildman–Crippen MR) is 299 cm³/mol. The Bertz CT molecular complexity index is 1040. The molecule has 1 aliphatic rings. The van der Waals surface area contributed by atoms with Crippen molar-refractivity contribution in [3.05, 3.63) is 0 Å². The van der Waals surface area contributed by atoms with Crippen molar-refractivity contribution in [3.63, 3.8) is 0 Å². The van der Waals surface area contributed by atoms with E-state index in [1.807, 2.05) is 0 Å². The number of hydrogen-bond donors (Lipinski definition) is 2. The Morgan fingerprint density at radius 3 is 0.971 bits per heavy atom. The van der Waals surface area contributed by atoms with Gasteiger partial charge in [-0.15, -0.1) is 0 Å². The van der Waals surface area contributed by atoms with Crippen molar-refractivity contribution in [2.24, 2.45) is 0 Å². The molecule has 404 valence electrons. The molecule has 0 heterocycles. The van der Waals surface area contributed by atoms with Crippen LogP contribution in [-0.4, -0.2) is 71.1 Å². The Balaban J connectivity index is 2.38. The lowest BCUT2D eigenvalue weighted by atomic mass is 9.77. The van der Waals surface area contributed by atoms with Crippen molar-refractivity contribution in [3.8, 4) is 0 Å².